The molecule has 0 heterocycles. The summed E-state index contributed by atoms with van der Waals surface area (Å²) in [5.74, 6) is -0.612. The second-order valence-electron chi connectivity index (χ2n) is 6.27. The van der Waals surface area contributed by atoms with Crippen LogP contribution in [-0.4, -0.2) is 17.9 Å². The fourth-order valence-corrected chi connectivity index (χ4v) is 2.76. The number of anilines is 3. The minimum atomic E-state index is -0.417. The average molecular weight is 371 g/mol. The average Bonchev–Trinajstić information content (AvgIpc) is 2.70. The first-order valence-electron chi connectivity index (χ1n) is 8.95. The number of hydrazone groups is 1. The molecule has 0 aliphatic heterocycles. The van der Waals surface area contributed by atoms with E-state index in [4.69, 9.17) is 0 Å². The van der Waals surface area contributed by atoms with Crippen molar-refractivity contribution >= 4 is 35.0 Å². The molecule has 28 heavy (non-hydrogen) atoms. The Morgan fingerprint density at radius 2 is 1.32 bits per heavy atom. The van der Waals surface area contributed by atoms with Crippen LogP contribution in [0.4, 0.5) is 17.1 Å². The predicted octanol–water partition coefficient (Wildman–Crippen LogP) is 4.59. The van der Waals surface area contributed by atoms with Crippen LogP contribution in [0.5, 0.6) is 0 Å². The third kappa shape index (κ3) is 5.14. The number of nitrogens with zero attached hydrogens (tertiary/aromatic N) is 2. The number of hydrogen-bond donors (Lipinski definition) is 1. The molecule has 3 rings (SSSR count). The molecule has 140 valence electrons. The molecule has 0 unspecified atom stereocenters. The van der Waals surface area contributed by atoms with Gasteiger partial charge in [-0.05, 0) is 48.9 Å². The minimum Gasteiger partial charge on any atom is -0.311 e. The fourth-order valence-electron chi connectivity index (χ4n) is 2.76. The lowest BCUT2D eigenvalue weighted by Gasteiger charge is -2.25. The third-order valence-electron chi connectivity index (χ3n) is 3.99. The molecule has 0 aromatic heterocycles. The van der Waals surface area contributed by atoms with Crippen molar-refractivity contribution in [2.24, 2.45) is 5.10 Å². The zero-order chi connectivity index (χ0) is 19.8. The number of amides is 1. The van der Waals surface area contributed by atoms with Crippen molar-refractivity contribution in [1.29, 1.82) is 0 Å². The maximum atomic E-state index is 11.4. The van der Waals surface area contributed by atoms with Gasteiger partial charge in [-0.2, -0.15) is 5.10 Å². The number of nitrogens with one attached hydrogen (secondary N) is 1. The third-order valence-corrected chi connectivity index (χ3v) is 3.99. The van der Waals surface area contributed by atoms with Gasteiger partial charge in [0.25, 0.3) is 0 Å². The van der Waals surface area contributed by atoms with Crippen LogP contribution in [0.2, 0.25) is 0 Å². The van der Waals surface area contributed by atoms with Gasteiger partial charge in [-0.3, -0.25) is 9.59 Å². The van der Waals surface area contributed by atoms with Crippen LogP contribution in [0.3, 0.4) is 0 Å². The van der Waals surface area contributed by atoms with Gasteiger partial charge in [0, 0.05) is 17.1 Å². The quantitative estimate of drug-likeness (QED) is 0.375. The first kappa shape index (κ1) is 19.0. The van der Waals surface area contributed by atoms with E-state index in [1.807, 2.05) is 60.7 Å². The molecular formula is C23H21N3O2. The van der Waals surface area contributed by atoms with E-state index in [1.54, 1.807) is 6.21 Å². The summed E-state index contributed by atoms with van der Waals surface area (Å²) in [4.78, 5) is 24.5. The van der Waals surface area contributed by atoms with Gasteiger partial charge >= 0.3 is 0 Å². The summed E-state index contributed by atoms with van der Waals surface area (Å²) in [6.07, 6.45) is 1.39. The largest absolute Gasteiger partial charge is 0.311 e. The molecule has 0 spiro atoms. The summed E-state index contributed by atoms with van der Waals surface area (Å²) in [6.45, 7) is 1.37. The normalized spacial score (nSPS) is 10.6. The molecule has 0 saturated carbocycles. The molecule has 1 amide bonds. The molecule has 0 saturated heterocycles. The Bertz CT molecular complexity index is 913. The Morgan fingerprint density at radius 3 is 1.82 bits per heavy atom. The van der Waals surface area contributed by atoms with E-state index in [2.05, 4.69) is 39.7 Å². The highest BCUT2D eigenvalue weighted by molar-refractivity contribution is 5.97. The van der Waals surface area contributed by atoms with Gasteiger partial charge in [0.05, 0.1) is 12.6 Å². The Balaban J connectivity index is 1.79. The van der Waals surface area contributed by atoms with E-state index in [0.29, 0.717) is 0 Å². The number of carbonyl (C=O) groups is 2. The molecule has 5 nitrogen and oxygen atoms in total. The van der Waals surface area contributed by atoms with Crippen LogP contribution < -0.4 is 10.3 Å². The van der Waals surface area contributed by atoms with Crippen molar-refractivity contribution in [2.75, 3.05) is 4.90 Å². The highest BCUT2D eigenvalue weighted by atomic mass is 16.2. The number of carbonyl (C=O) groups excluding carboxylic acids is 2. The van der Waals surface area contributed by atoms with Crippen molar-refractivity contribution in [3.63, 3.8) is 0 Å². The molecular weight excluding hydrogens is 350 g/mol. The predicted molar refractivity (Wildman–Crippen MR) is 112 cm³/mol. The van der Waals surface area contributed by atoms with E-state index >= 15 is 0 Å². The van der Waals surface area contributed by atoms with Crippen LogP contribution in [0, 0.1) is 0 Å². The number of rotatable bonds is 7. The number of para-hydroxylation sites is 2. The molecule has 0 fully saturated rings. The fraction of sp³-hybridized carbons (Fsp3) is 0.0870. The highest BCUT2D eigenvalue weighted by Crippen LogP contribution is 2.33. The zero-order valence-corrected chi connectivity index (χ0v) is 15.6. The molecule has 0 atom stereocenters. The molecule has 5 heteroatoms. The minimum absolute atomic E-state index is 0.167. The maximum absolute atomic E-state index is 11.4. The summed E-state index contributed by atoms with van der Waals surface area (Å²) in [6, 6.07) is 28.1. The monoisotopic (exact) mass is 371 g/mol. The number of benzene rings is 3. The van der Waals surface area contributed by atoms with Gasteiger partial charge in [-0.25, -0.2) is 5.43 Å². The lowest BCUT2D eigenvalue weighted by molar-refractivity contribution is -0.127. The standard InChI is InChI=1S/C23H21N3O2/c1-18(27)16-23(28)25-24-17-19-12-14-22(15-13-19)26(20-8-4-2-5-9-20)21-10-6-3-7-11-21/h2-15,17H,16H2,1H3,(H,25,28)/b24-17-. The van der Waals surface area contributed by atoms with Gasteiger partial charge in [-0.1, -0.05) is 48.5 Å². The lowest BCUT2D eigenvalue weighted by atomic mass is 10.1. The van der Waals surface area contributed by atoms with Gasteiger partial charge in [0.2, 0.25) is 5.91 Å². The van der Waals surface area contributed by atoms with Crippen molar-refractivity contribution in [3.05, 3.63) is 90.5 Å². The number of ketones is 1. The second-order valence-corrected chi connectivity index (χ2v) is 6.27. The zero-order valence-electron chi connectivity index (χ0n) is 15.6. The SMILES string of the molecule is CC(=O)CC(=O)N/N=C\c1ccc(N(c2ccccc2)c2ccccc2)cc1. The molecule has 0 aliphatic carbocycles. The van der Waals surface area contributed by atoms with E-state index in [-0.39, 0.29) is 12.2 Å². The van der Waals surface area contributed by atoms with Gasteiger partial charge < -0.3 is 4.90 Å². The molecule has 0 aliphatic rings. The summed E-state index contributed by atoms with van der Waals surface area (Å²) < 4.78 is 0. The van der Waals surface area contributed by atoms with Crippen LogP contribution in [-0.2, 0) is 9.59 Å². The van der Waals surface area contributed by atoms with E-state index < -0.39 is 5.91 Å². The number of hydrogen-bond acceptors (Lipinski definition) is 4. The Kier molecular flexibility index (Phi) is 6.31. The van der Waals surface area contributed by atoms with Crippen molar-refractivity contribution in [1.82, 2.24) is 5.43 Å². The van der Waals surface area contributed by atoms with Crippen molar-refractivity contribution < 1.29 is 9.59 Å². The molecule has 3 aromatic rings. The summed E-state index contributed by atoms with van der Waals surface area (Å²) in [5.41, 5.74) is 6.32. The molecule has 3 aromatic carbocycles. The van der Waals surface area contributed by atoms with Crippen LogP contribution in [0.1, 0.15) is 18.9 Å². The van der Waals surface area contributed by atoms with Gasteiger partial charge in [-0.15, -0.1) is 0 Å². The Hall–Kier alpha value is -3.73. The van der Waals surface area contributed by atoms with Gasteiger partial charge in [0.1, 0.15) is 5.78 Å². The summed E-state index contributed by atoms with van der Waals surface area (Å²) in [7, 11) is 0. The van der Waals surface area contributed by atoms with E-state index in [9.17, 15) is 9.59 Å². The topological polar surface area (TPSA) is 61.8 Å². The van der Waals surface area contributed by atoms with Crippen molar-refractivity contribution in [3.8, 4) is 0 Å². The first-order valence-corrected chi connectivity index (χ1v) is 8.95. The molecule has 0 radical (unpaired) electrons. The van der Waals surface area contributed by atoms with E-state index in [0.717, 1.165) is 22.6 Å². The Labute approximate surface area is 164 Å². The molecule has 0 bridgehead atoms. The first-order chi connectivity index (χ1) is 13.6. The van der Waals surface area contributed by atoms with Crippen molar-refractivity contribution in [2.45, 2.75) is 13.3 Å². The highest BCUT2D eigenvalue weighted by Gasteiger charge is 2.11. The molecule has 1 N–H and O–H groups in total. The second kappa shape index (κ2) is 9.28. The smallest absolute Gasteiger partial charge is 0.247 e. The van der Waals surface area contributed by atoms with Crippen LogP contribution in [0.25, 0.3) is 0 Å². The number of Topliss-reactive ketones (excluding diaryl/α,β-unsaturated/α-hetero) is 1. The van der Waals surface area contributed by atoms with Crippen LogP contribution >= 0.6 is 0 Å². The van der Waals surface area contributed by atoms with Crippen LogP contribution in [0.15, 0.2) is 90.0 Å². The maximum Gasteiger partial charge on any atom is 0.247 e. The van der Waals surface area contributed by atoms with Gasteiger partial charge in [0.15, 0.2) is 0 Å². The van der Waals surface area contributed by atoms with E-state index in [1.165, 1.54) is 6.92 Å². The summed E-state index contributed by atoms with van der Waals surface area (Å²) >= 11 is 0. The Morgan fingerprint density at radius 1 is 0.821 bits per heavy atom. The lowest BCUT2D eigenvalue weighted by Crippen LogP contribution is -2.19. The summed E-state index contributed by atoms with van der Waals surface area (Å²) in [5, 5.41) is 3.90.